The molecule has 2 unspecified atom stereocenters. The van der Waals surface area contributed by atoms with E-state index >= 15 is 0 Å². The fraction of sp³-hybridized carbons (Fsp3) is 0.615. The maximum absolute atomic E-state index is 13.8. The van der Waals surface area contributed by atoms with Gasteiger partial charge in [0.05, 0.1) is 15.2 Å². The Morgan fingerprint density at radius 3 is 2.42 bits per heavy atom. The fourth-order valence-corrected chi connectivity index (χ4v) is 5.32. The summed E-state index contributed by atoms with van der Waals surface area (Å²) in [6.07, 6.45) is 4.78. The van der Waals surface area contributed by atoms with Gasteiger partial charge in [-0.2, -0.15) is 17.0 Å². The lowest BCUT2D eigenvalue weighted by Gasteiger charge is -2.42. The van der Waals surface area contributed by atoms with Crippen LogP contribution in [-0.4, -0.2) is 62.6 Å². The molecule has 2 rings (SSSR count). The molecular weight excluding hydrogens is 591 g/mol. The molecule has 10 heteroatoms. The van der Waals surface area contributed by atoms with Crippen molar-refractivity contribution in [3.63, 3.8) is 0 Å². The molecule has 0 aromatic heterocycles. The number of hydrogen-bond donors (Lipinski definition) is 2. The highest BCUT2D eigenvalue weighted by molar-refractivity contribution is 14.1. The standard InChI is InChI=1S/C26H37IN4O4S/c1-25(2,3)35-24(34)30-20(12-15-36-5)22(32)29-21(16-18-8-10-19(17-28)11-9-18)23(33)31-14-7-6-13-26(31,4)27/h8-11,20-21H,6-7,12-16H2,1-5H3,(H,29,32)(H,30,34)/t20?,21?,26-/m1/s1. The van der Waals surface area contributed by atoms with E-state index in [9.17, 15) is 14.4 Å². The normalized spacial score (nSPS) is 19.5. The van der Waals surface area contributed by atoms with Gasteiger partial charge in [0.15, 0.2) is 0 Å². The van der Waals surface area contributed by atoms with Crippen LogP contribution in [-0.2, 0) is 20.7 Å². The van der Waals surface area contributed by atoms with Gasteiger partial charge in [-0.05, 0) is 83.1 Å². The second-order valence-corrected chi connectivity index (χ2v) is 13.5. The van der Waals surface area contributed by atoms with E-state index in [0.29, 0.717) is 24.3 Å². The molecule has 8 nitrogen and oxygen atoms in total. The maximum atomic E-state index is 13.8. The van der Waals surface area contributed by atoms with Crippen LogP contribution >= 0.6 is 34.4 Å². The van der Waals surface area contributed by atoms with E-state index in [1.807, 2.05) is 18.1 Å². The zero-order valence-corrected chi connectivity index (χ0v) is 24.7. The fourth-order valence-electron chi connectivity index (χ4n) is 3.99. The average Bonchev–Trinajstić information content (AvgIpc) is 2.79. The van der Waals surface area contributed by atoms with Gasteiger partial charge in [0.2, 0.25) is 11.8 Å². The Morgan fingerprint density at radius 2 is 1.86 bits per heavy atom. The highest BCUT2D eigenvalue weighted by Crippen LogP contribution is 2.34. The van der Waals surface area contributed by atoms with Crippen molar-refractivity contribution in [2.75, 3.05) is 18.6 Å². The van der Waals surface area contributed by atoms with Crippen LogP contribution in [0.25, 0.3) is 0 Å². The number of carbonyl (C=O) groups is 3. The number of hydrogen-bond acceptors (Lipinski definition) is 6. The first-order chi connectivity index (χ1) is 16.9. The summed E-state index contributed by atoms with van der Waals surface area (Å²) in [7, 11) is 0. The van der Waals surface area contributed by atoms with Gasteiger partial charge in [-0.3, -0.25) is 9.59 Å². The lowest BCUT2D eigenvalue weighted by Crippen LogP contribution is -2.59. The zero-order chi connectivity index (χ0) is 26.9. The number of piperidine rings is 1. The maximum Gasteiger partial charge on any atom is 0.408 e. The summed E-state index contributed by atoms with van der Waals surface area (Å²) in [6.45, 7) is 7.95. The second kappa shape index (κ2) is 13.5. The molecule has 3 atom stereocenters. The summed E-state index contributed by atoms with van der Waals surface area (Å²) in [4.78, 5) is 41.4. The third-order valence-electron chi connectivity index (χ3n) is 5.85. The van der Waals surface area contributed by atoms with E-state index in [1.165, 1.54) is 0 Å². The smallest absolute Gasteiger partial charge is 0.408 e. The van der Waals surface area contributed by atoms with Crippen LogP contribution in [0.2, 0.25) is 0 Å². The van der Waals surface area contributed by atoms with Gasteiger partial charge in [0, 0.05) is 13.0 Å². The van der Waals surface area contributed by atoms with Gasteiger partial charge in [0.1, 0.15) is 17.7 Å². The largest absolute Gasteiger partial charge is 0.444 e. The van der Waals surface area contributed by atoms with E-state index in [4.69, 9.17) is 10.00 Å². The molecule has 1 aromatic carbocycles. The minimum Gasteiger partial charge on any atom is -0.444 e. The highest BCUT2D eigenvalue weighted by Gasteiger charge is 2.39. The number of alkyl carbamates (subject to hydrolysis) is 1. The van der Waals surface area contributed by atoms with Crippen molar-refractivity contribution in [1.29, 1.82) is 5.26 Å². The summed E-state index contributed by atoms with van der Waals surface area (Å²) >= 11 is 3.88. The van der Waals surface area contributed by atoms with Crippen LogP contribution in [0.4, 0.5) is 4.79 Å². The zero-order valence-electron chi connectivity index (χ0n) is 21.7. The minimum absolute atomic E-state index is 0.148. The van der Waals surface area contributed by atoms with E-state index in [0.717, 1.165) is 24.8 Å². The lowest BCUT2D eigenvalue weighted by molar-refractivity contribution is -0.140. The first kappa shape index (κ1) is 30.2. The molecule has 1 aliphatic heterocycles. The summed E-state index contributed by atoms with van der Waals surface area (Å²) in [5.74, 6) is 0.0827. The molecule has 0 spiro atoms. The molecule has 2 N–H and O–H groups in total. The monoisotopic (exact) mass is 628 g/mol. The molecule has 1 aliphatic rings. The number of benzene rings is 1. The predicted octanol–water partition coefficient (Wildman–Crippen LogP) is 4.40. The molecule has 36 heavy (non-hydrogen) atoms. The predicted molar refractivity (Wildman–Crippen MR) is 151 cm³/mol. The van der Waals surface area contributed by atoms with Crippen molar-refractivity contribution in [1.82, 2.24) is 15.5 Å². The molecule has 198 valence electrons. The number of ether oxygens (including phenoxy) is 1. The van der Waals surface area contributed by atoms with Crippen molar-refractivity contribution in [3.05, 3.63) is 35.4 Å². The first-order valence-electron chi connectivity index (χ1n) is 12.1. The van der Waals surface area contributed by atoms with Gasteiger partial charge in [-0.25, -0.2) is 4.79 Å². The average molecular weight is 629 g/mol. The third kappa shape index (κ3) is 9.47. The molecular formula is C26H37IN4O4S. The summed E-state index contributed by atoms with van der Waals surface area (Å²) in [5, 5.41) is 14.7. The van der Waals surface area contributed by atoms with Crippen LogP contribution in [0.3, 0.4) is 0 Å². The number of likely N-dealkylation sites (tertiary alicyclic amines) is 1. The number of nitrogens with one attached hydrogen (secondary N) is 2. The van der Waals surface area contributed by atoms with Crippen molar-refractivity contribution in [2.45, 2.75) is 81.0 Å². The Balaban J connectivity index is 2.27. The van der Waals surface area contributed by atoms with E-state index in [2.05, 4.69) is 39.3 Å². The van der Waals surface area contributed by atoms with Crippen LogP contribution in [0.1, 0.15) is 64.5 Å². The van der Waals surface area contributed by atoms with Gasteiger partial charge >= 0.3 is 6.09 Å². The quantitative estimate of drug-likeness (QED) is 0.239. The van der Waals surface area contributed by atoms with Crippen molar-refractivity contribution < 1.29 is 19.1 Å². The number of nitrogens with zero attached hydrogens (tertiary/aromatic N) is 2. The topological polar surface area (TPSA) is 112 Å². The molecule has 1 heterocycles. The molecule has 3 amide bonds. The Hall–Kier alpha value is -2.00. The molecule has 0 bridgehead atoms. The summed E-state index contributed by atoms with van der Waals surface area (Å²) < 4.78 is 5.01. The molecule has 0 aliphatic carbocycles. The van der Waals surface area contributed by atoms with Crippen molar-refractivity contribution >= 4 is 52.3 Å². The molecule has 1 saturated heterocycles. The SMILES string of the molecule is CSCCC(NC(=O)OC(C)(C)C)C(=O)NC(Cc1ccc(C#N)cc1)C(=O)N1CCCC[C@]1(C)I. The summed E-state index contributed by atoms with van der Waals surface area (Å²) in [5.41, 5.74) is 0.665. The molecule has 1 aromatic rings. The van der Waals surface area contributed by atoms with Crippen molar-refractivity contribution in [3.8, 4) is 6.07 Å². The van der Waals surface area contributed by atoms with E-state index in [1.54, 1.807) is 56.8 Å². The number of amides is 3. The minimum atomic E-state index is -0.837. The number of halogens is 1. The Bertz CT molecular complexity index is 956. The molecule has 0 radical (unpaired) electrons. The summed E-state index contributed by atoms with van der Waals surface area (Å²) in [6, 6.07) is 7.45. The number of alkyl halides is 1. The number of rotatable bonds is 9. The van der Waals surface area contributed by atoms with Crippen LogP contribution in [0.5, 0.6) is 0 Å². The number of carbonyl (C=O) groups excluding carboxylic acids is 3. The lowest BCUT2D eigenvalue weighted by atomic mass is 9.98. The number of thioether (sulfide) groups is 1. The van der Waals surface area contributed by atoms with E-state index < -0.39 is 29.7 Å². The Kier molecular flexibility index (Phi) is 11.3. The Morgan fingerprint density at radius 1 is 1.19 bits per heavy atom. The number of nitriles is 1. The molecule has 0 saturated carbocycles. The molecule has 1 fully saturated rings. The van der Waals surface area contributed by atoms with E-state index in [-0.39, 0.29) is 15.9 Å². The van der Waals surface area contributed by atoms with Crippen molar-refractivity contribution in [2.24, 2.45) is 0 Å². The Labute approximate surface area is 232 Å². The van der Waals surface area contributed by atoms with Gasteiger partial charge in [0.25, 0.3) is 0 Å². The van der Waals surface area contributed by atoms with Gasteiger partial charge in [-0.15, -0.1) is 0 Å². The van der Waals surface area contributed by atoms with Gasteiger partial charge < -0.3 is 20.3 Å². The van der Waals surface area contributed by atoms with Gasteiger partial charge in [-0.1, -0.05) is 34.7 Å². The highest BCUT2D eigenvalue weighted by atomic mass is 127. The third-order valence-corrected chi connectivity index (χ3v) is 7.61. The van der Waals surface area contributed by atoms with Crippen LogP contribution in [0.15, 0.2) is 24.3 Å². The van der Waals surface area contributed by atoms with Crippen LogP contribution < -0.4 is 10.6 Å². The first-order valence-corrected chi connectivity index (χ1v) is 14.6. The second-order valence-electron chi connectivity index (χ2n) is 10.1. The van der Waals surface area contributed by atoms with Crippen LogP contribution in [0, 0.1) is 11.3 Å².